The summed E-state index contributed by atoms with van der Waals surface area (Å²) < 4.78 is 46.2. The number of aliphatic hydroxyl groups is 2. The molecule has 12 nitrogen and oxygen atoms in total. The molecule has 1 heterocycles. The summed E-state index contributed by atoms with van der Waals surface area (Å²) >= 11 is 0. The molecule has 1 fully saturated rings. The fraction of sp³-hybridized carbons (Fsp3) is 1.00. The Bertz CT molecular complexity index is 499. The van der Waals surface area contributed by atoms with E-state index in [0.717, 1.165) is 0 Å². The lowest BCUT2D eigenvalue weighted by atomic mass is 10.2. The first-order valence-electron chi connectivity index (χ1n) is 5.34. The maximum Gasteiger partial charge on any atom is 0.479 e. The van der Waals surface area contributed by atoms with Crippen LogP contribution in [0.3, 0.4) is 0 Å². The molecule has 15 heteroatoms. The van der Waals surface area contributed by atoms with Crippen molar-refractivity contribution in [2.75, 3.05) is 19.1 Å². The van der Waals surface area contributed by atoms with Crippen molar-refractivity contribution >= 4 is 23.0 Å². The Morgan fingerprint density at radius 1 is 1.10 bits per heavy atom. The van der Waals surface area contributed by atoms with Crippen LogP contribution in [0.5, 0.6) is 0 Å². The number of rotatable bonds is 7. The van der Waals surface area contributed by atoms with E-state index in [1.54, 1.807) is 0 Å². The minimum absolute atomic E-state index is 0.234. The van der Waals surface area contributed by atoms with Crippen LogP contribution in [-0.2, 0) is 27.3 Å². The zero-order valence-corrected chi connectivity index (χ0v) is 13.0. The highest BCUT2D eigenvalue weighted by molar-refractivity contribution is 7.73. The molecule has 1 rings (SSSR count). The van der Waals surface area contributed by atoms with Crippen molar-refractivity contribution in [3.05, 3.63) is 0 Å². The van der Waals surface area contributed by atoms with Gasteiger partial charge >= 0.3 is 23.0 Å². The van der Waals surface area contributed by atoms with Crippen LogP contribution in [0.15, 0.2) is 0 Å². The highest BCUT2D eigenvalue weighted by atomic mass is 31.3. The normalized spacial score (nSPS) is 32.6. The fourth-order valence-electron chi connectivity index (χ4n) is 1.42. The van der Waals surface area contributed by atoms with Crippen LogP contribution in [0.1, 0.15) is 0 Å². The molecular formula is C6H15O12P3. The number of hydrogen-bond donors (Lipinski definition) is 6. The van der Waals surface area contributed by atoms with Gasteiger partial charge in [0.15, 0.2) is 5.90 Å². The summed E-state index contributed by atoms with van der Waals surface area (Å²) in [6, 6.07) is 0. The molecule has 0 amide bonds. The summed E-state index contributed by atoms with van der Waals surface area (Å²) in [5, 5.41) is 18.5. The van der Waals surface area contributed by atoms with E-state index in [-0.39, 0.29) is 6.61 Å². The number of ether oxygens (including phenoxy) is 1. The van der Waals surface area contributed by atoms with Gasteiger partial charge in [-0.25, -0.2) is 8.88 Å². The molecule has 1 aliphatic rings. The highest BCUT2D eigenvalue weighted by Crippen LogP contribution is 2.64. The fourth-order valence-corrected chi connectivity index (χ4v) is 5.77. The Morgan fingerprint density at radius 2 is 1.67 bits per heavy atom. The molecule has 0 bridgehead atoms. The number of phosphoric ester groups is 1. The number of hydrogen-bond acceptors (Lipinski definition) is 8. The SMILES string of the molecule is O=P(O)(O)CP(=O)(O)OP(=O)(O)OC[C@H]1OC[C@H](O)[C@@H]1O. The van der Waals surface area contributed by atoms with Gasteiger partial charge in [0.1, 0.15) is 18.3 Å². The minimum atomic E-state index is -5.13. The molecule has 126 valence electrons. The van der Waals surface area contributed by atoms with Crippen molar-refractivity contribution in [1.29, 1.82) is 0 Å². The van der Waals surface area contributed by atoms with E-state index < -0.39 is 53.8 Å². The third-order valence-corrected chi connectivity index (χ3v) is 7.48. The minimum Gasteiger partial charge on any atom is -0.388 e. The molecule has 1 aliphatic heterocycles. The molecule has 2 unspecified atom stereocenters. The van der Waals surface area contributed by atoms with E-state index in [1.807, 2.05) is 0 Å². The topological polar surface area (TPSA) is 200 Å². The Balaban J connectivity index is 2.56. The zero-order chi connectivity index (χ0) is 16.5. The molecule has 0 aliphatic carbocycles. The summed E-state index contributed by atoms with van der Waals surface area (Å²) in [7, 11) is -15.2. The molecule has 0 radical (unpaired) electrons. The molecule has 0 spiro atoms. The quantitative estimate of drug-likeness (QED) is 0.285. The van der Waals surface area contributed by atoms with Crippen LogP contribution in [0.2, 0.25) is 0 Å². The molecule has 1 saturated heterocycles. The zero-order valence-electron chi connectivity index (χ0n) is 10.3. The van der Waals surface area contributed by atoms with Gasteiger partial charge in [0.2, 0.25) is 0 Å². The van der Waals surface area contributed by atoms with E-state index >= 15 is 0 Å². The van der Waals surface area contributed by atoms with Crippen LogP contribution < -0.4 is 0 Å². The van der Waals surface area contributed by atoms with Crippen LogP contribution in [0.4, 0.5) is 0 Å². The highest BCUT2D eigenvalue weighted by Gasteiger charge is 2.41. The molecule has 0 aromatic heterocycles. The Morgan fingerprint density at radius 3 is 2.10 bits per heavy atom. The van der Waals surface area contributed by atoms with Crippen molar-refractivity contribution in [2.24, 2.45) is 0 Å². The third kappa shape index (κ3) is 6.96. The molecule has 0 aromatic rings. The third-order valence-electron chi connectivity index (χ3n) is 2.25. The second-order valence-corrected chi connectivity index (χ2v) is 9.80. The molecule has 21 heavy (non-hydrogen) atoms. The maximum absolute atomic E-state index is 11.4. The monoisotopic (exact) mass is 372 g/mol. The van der Waals surface area contributed by atoms with Gasteiger partial charge in [-0.2, -0.15) is 0 Å². The molecule has 6 N–H and O–H groups in total. The molecule has 0 saturated carbocycles. The standard InChI is InChI=1S/C6H15O12P3/c7-4-1-16-5(6(4)8)2-17-21(14,15)18-20(12,13)3-19(9,10)11/h4-8H,1-3H2,(H,12,13)(H,14,15)(H2,9,10,11)/t4-,5+,6-/m0/s1. The van der Waals surface area contributed by atoms with Gasteiger partial charge in [0.05, 0.1) is 13.2 Å². The second-order valence-electron chi connectivity index (χ2n) is 4.22. The van der Waals surface area contributed by atoms with E-state index in [1.165, 1.54) is 0 Å². The Hall–Kier alpha value is 0.330. The molecule has 5 atom stereocenters. The number of phosphoric acid groups is 1. The summed E-state index contributed by atoms with van der Waals surface area (Å²) in [5.74, 6) is -1.66. The van der Waals surface area contributed by atoms with Crippen LogP contribution in [0, 0.1) is 0 Å². The summed E-state index contributed by atoms with van der Waals surface area (Å²) in [5.41, 5.74) is 0. The summed E-state index contributed by atoms with van der Waals surface area (Å²) in [6.07, 6.45) is -3.76. The largest absolute Gasteiger partial charge is 0.479 e. The lowest BCUT2D eigenvalue weighted by Crippen LogP contribution is -2.32. The Labute approximate surface area is 118 Å². The van der Waals surface area contributed by atoms with Gasteiger partial charge in [-0.3, -0.25) is 13.7 Å². The average molecular weight is 372 g/mol. The van der Waals surface area contributed by atoms with Crippen molar-refractivity contribution in [3.8, 4) is 0 Å². The predicted octanol–water partition coefficient (Wildman–Crippen LogP) is -1.44. The van der Waals surface area contributed by atoms with Gasteiger partial charge in [-0.15, -0.1) is 0 Å². The van der Waals surface area contributed by atoms with Gasteiger partial charge < -0.3 is 34.5 Å². The van der Waals surface area contributed by atoms with Gasteiger partial charge in [-0.05, 0) is 0 Å². The van der Waals surface area contributed by atoms with Gasteiger partial charge in [0.25, 0.3) is 0 Å². The lowest BCUT2D eigenvalue weighted by molar-refractivity contribution is -0.00554. The van der Waals surface area contributed by atoms with E-state index in [4.69, 9.17) is 24.5 Å². The van der Waals surface area contributed by atoms with Crippen molar-refractivity contribution in [3.63, 3.8) is 0 Å². The van der Waals surface area contributed by atoms with Crippen molar-refractivity contribution in [1.82, 2.24) is 0 Å². The van der Waals surface area contributed by atoms with Gasteiger partial charge in [0, 0.05) is 0 Å². The smallest absolute Gasteiger partial charge is 0.388 e. The first-order valence-corrected chi connectivity index (χ1v) is 10.4. The van der Waals surface area contributed by atoms with E-state index in [9.17, 15) is 23.7 Å². The lowest BCUT2D eigenvalue weighted by Gasteiger charge is -2.19. The van der Waals surface area contributed by atoms with Crippen molar-refractivity contribution in [2.45, 2.75) is 18.3 Å². The van der Waals surface area contributed by atoms with Crippen LogP contribution >= 0.6 is 23.0 Å². The van der Waals surface area contributed by atoms with Crippen LogP contribution in [-0.4, -0.2) is 67.2 Å². The van der Waals surface area contributed by atoms with Gasteiger partial charge in [-0.1, -0.05) is 0 Å². The first-order chi connectivity index (χ1) is 9.31. The van der Waals surface area contributed by atoms with Crippen molar-refractivity contribution < 1.29 is 57.1 Å². The van der Waals surface area contributed by atoms with Crippen LogP contribution in [0.25, 0.3) is 0 Å². The predicted molar refractivity (Wildman–Crippen MR) is 65.4 cm³/mol. The Kier molecular flexibility index (Phi) is 6.31. The second kappa shape index (κ2) is 6.84. The first kappa shape index (κ1) is 19.4. The molecular weight excluding hydrogens is 357 g/mol. The number of aliphatic hydroxyl groups excluding tert-OH is 2. The van der Waals surface area contributed by atoms with E-state index in [0.29, 0.717) is 0 Å². The average Bonchev–Trinajstić information content (AvgIpc) is 2.52. The molecule has 0 aromatic carbocycles. The maximum atomic E-state index is 11.4. The summed E-state index contributed by atoms with van der Waals surface area (Å²) in [4.78, 5) is 35.3. The summed E-state index contributed by atoms with van der Waals surface area (Å²) in [6.45, 7) is -0.982. The van der Waals surface area contributed by atoms with E-state index in [2.05, 4.69) is 8.83 Å².